The van der Waals surface area contributed by atoms with Gasteiger partial charge in [-0.25, -0.2) is 0 Å². The Kier molecular flexibility index (Phi) is 7.16. The summed E-state index contributed by atoms with van der Waals surface area (Å²) in [6.07, 6.45) is 0.0783. The molecular formula is C12H18ClNO4. The van der Waals surface area contributed by atoms with Crippen LogP contribution in [0, 0.1) is 0 Å². The monoisotopic (exact) mass is 275 g/mol. The van der Waals surface area contributed by atoms with E-state index < -0.39 is 6.04 Å². The second-order valence-corrected chi connectivity index (χ2v) is 3.54. The zero-order chi connectivity index (χ0) is 12.8. The fourth-order valence-electron chi connectivity index (χ4n) is 1.52. The summed E-state index contributed by atoms with van der Waals surface area (Å²) in [5.74, 6) is 0.200. The zero-order valence-electron chi connectivity index (χ0n) is 10.4. The fourth-order valence-corrected chi connectivity index (χ4v) is 1.52. The molecule has 0 bridgehead atoms. The molecule has 0 aliphatic carbocycles. The van der Waals surface area contributed by atoms with Gasteiger partial charge in [0.1, 0.15) is 11.5 Å². The molecule has 3 N–H and O–H groups in total. The Morgan fingerprint density at radius 2 is 2.17 bits per heavy atom. The van der Waals surface area contributed by atoms with Crippen molar-refractivity contribution in [3.63, 3.8) is 0 Å². The number of carbonyl (C=O) groups is 1. The third kappa shape index (κ3) is 4.43. The number of ether oxygens (including phenoxy) is 2. The third-order valence-electron chi connectivity index (χ3n) is 2.31. The smallest absolute Gasteiger partial charge is 0.307 e. The number of nitrogens with two attached hydrogens (primary N) is 1. The van der Waals surface area contributed by atoms with Gasteiger partial charge in [0.05, 0.1) is 20.1 Å². The molecule has 0 radical (unpaired) electrons. The van der Waals surface area contributed by atoms with Crippen LogP contribution in [0.2, 0.25) is 0 Å². The summed E-state index contributed by atoms with van der Waals surface area (Å²) in [4.78, 5) is 11.3. The van der Waals surface area contributed by atoms with Gasteiger partial charge in [-0.05, 0) is 13.0 Å². The van der Waals surface area contributed by atoms with Crippen LogP contribution in [-0.4, -0.2) is 24.8 Å². The molecule has 18 heavy (non-hydrogen) atoms. The largest absolute Gasteiger partial charge is 0.508 e. The summed E-state index contributed by atoms with van der Waals surface area (Å²) in [6, 6.07) is 4.09. The molecule has 0 saturated heterocycles. The highest BCUT2D eigenvalue weighted by Gasteiger charge is 2.16. The highest BCUT2D eigenvalue weighted by atomic mass is 35.5. The van der Waals surface area contributed by atoms with E-state index in [9.17, 15) is 9.90 Å². The third-order valence-corrected chi connectivity index (χ3v) is 2.31. The molecule has 0 heterocycles. The van der Waals surface area contributed by atoms with Gasteiger partial charge in [0, 0.05) is 17.7 Å². The van der Waals surface area contributed by atoms with Gasteiger partial charge in [-0.15, -0.1) is 12.4 Å². The average Bonchev–Trinajstić information content (AvgIpc) is 2.28. The first-order valence-electron chi connectivity index (χ1n) is 5.36. The lowest BCUT2D eigenvalue weighted by Gasteiger charge is -2.15. The van der Waals surface area contributed by atoms with Crippen LogP contribution in [0.15, 0.2) is 18.2 Å². The first-order valence-corrected chi connectivity index (χ1v) is 5.36. The maximum atomic E-state index is 11.3. The number of carbonyl (C=O) groups excluding carboxylic acids is 1. The molecule has 0 aromatic heterocycles. The van der Waals surface area contributed by atoms with E-state index in [1.54, 1.807) is 13.0 Å². The highest BCUT2D eigenvalue weighted by Crippen LogP contribution is 2.29. The van der Waals surface area contributed by atoms with Crippen molar-refractivity contribution >= 4 is 18.4 Å². The number of rotatable bonds is 5. The molecule has 1 atom stereocenters. The molecule has 6 heteroatoms. The number of aromatic hydroxyl groups is 1. The Bertz CT molecular complexity index is 398. The van der Waals surface area contributed by atoms with Crippen LogP contribution in [0.1, 0.15) is 24.9 Å². The lowest BCUT2D eigenvalue weighted by molar-refractivity contribution is -0.143. The van der Waals surface area contributed by atoms with Crippen molar-refractivity contribution < 1.29 is 19.4 Å². The molecule has 1 aromatic rings. The van der Waals surface area contributed by atoms with Crippen LogP contribution in [0.4, 0.5) is 0 Å². The highest BCUT2D eigenvalue weighted by molar-refractivity contribution is 5.85. The van der Waals surface area contributed by atoms with Gasteiger partial charge >= 0.3 is 5.97 Å². The van der Waals surface area contributed by atoms with Crippen LogP contribution in [0.3, 0.4) is 0 Å². The Morgan fingerprint density at radius 1 is 1.50 bits per heavy atom. The van der Waals surface area contributed by atoms with E-state index in [4.69, 9.17) is 15.2 Å². The summed E-state index contributed by atoms with van der Waals surface area (Å²) in [5, 5.41) is 9.30. The molecule has 0 spiro atoms. The normalized spacial score (nSPS) is 11.3. The maximum Gasteiger partial charge on any atom is 0.307 e. The Hall–Kier alpha value is -1.46. The molecule has 5 nitrogen and oxygen atoms in total. The van der Waals surface area contributed by atoms with E-state index in [0.717, 1.165) is 0 Å². The van der Waals surface area contributed by atoms with Crippen molar-refractivity contribution in [1.29, 1.82) is 0 Å². The van der Waals surface area contributed by atoms with Gasteiger partial charge in [0.15, 0.2) is 0 Å². The zero-order valence-corrected chi connectivity index (χ0v) is 11.2. The molecule has 0 unspecified atom stereocenters. The van der Waals surface area contributed by atoms with Crippen LogP contribution < -0.4 is 10.5 Å². The summed E-state index contributed by atoms with van der Waals surface area (Å²) in [7, 11) is 1.48. The summed E-state index contributed by atoms with van der Waals surface area (Å²) < 4.78 is 9.92. The average molecular weight is 276 g/mol. The van der Waals surface area contributed by atoms with E-state index in [1.807, 2.05) is 0 Å². The van der Waals surface area contributed by atoms with Crippen molar-refractivity contribution in [2.45, 2.75) is 19.4 Å². The summed E-state index contributed by atoms with van der Waals surface area (Å²) in [5.41, 5.74) is 6.56. The van der Waals surface area contributed by atoms with E-state index in [1.165, 1.54) is 19.2 Å². The van der Waals surface area contributed by atoms with Gasteiger partial charge in [0.25, 0.3) is 0 Å². The topological polar surface area (TPSA) is 81.8 Å². The number of benzene rings is 1. The number of esters is 1. The van der Waals surface area contributed by atoms with E-state index >= 15 is 0 Å². The minimum absolute atomic E-state index is 0. The van der Waals surface area contributed by atoms with Crippen molar-refractivity contribution in [1.82, 2.24) is 0 Å². The second kappa shape index (κ2) is 7.79. The van der Waals surface area contributed by atoms with E-state index in [2.05, 4.69) is 0 Å². The minimum Gasteiger partial charge on any atom is -0.508 e. The number of hydrogen-bond acceptors (Lipinski definition) is 5. The second-order valence-electron chi connectivity index (χ2n) is 3.54. The summed E-state index contributed by atoms with van der Waals surface area (Å²) >= 11 is 0. The van der Waals surface area contributed by atoms with Crippen molar-refractivity contribution in [2.75, 3.05) is 13.7 Å². The summed E-state index contributed by atoms with van der Waals surface area (Å²) in [6.45, 7) is 2.07. The van der Waals surface area contributed by atoms with Gasteiger partial charge < -0.3 is 20.3 Å². The maximum absolute atomic E-state index is 11.3. The van der Waals surface area contributed by atoms with Crippen LogP contribution in [0.5, 0.6) is 11.5 Å². The molecule has 0 saturated carbocycles. The van der Waals surface area contributed by atoms with Gasteiger partial charge in [-0.2, -0.15) is 0 Å². The first kappa shape index (κ1) is 16.5. The molecule has 0 amide bonds. The number of phenols is 1. The predicted molar refractivity (Wildman–Crippen MR) is 70.1 cm³/mol. The molecule has 0 fully saturated rings. The fraction of sp³-hybridized carbons (Fsp3) is 0.417. The molecule has 1 rings (SSSR count). The number of phenolic OH excluding ortho intramolecular Hbond substituents is 1. The van der Waals surface area contributed by atoms with Crippen molar-refractivity contribution in [3.8, 4) is 11.5 Å². The molecule has 1 aromatic carbocycles. The van der Waals surface area contributed by atoms with Crippen LogP contribution in [0.25, 0.3) is 0 Å². The Labute approximate surface area is 112 Å². The minimum atomic E-state index is -0.510. The van der Waals surface area contributed by atoms with Crippen LogP contribution in [-0.2, 0) is 9.53 Å². The molecule has 0 aliphatic heterocycles. The lowest BCUT2D eigenvalue weighted by Crippen LogP contribution is -2.17. The molecule has 0 aliphatic rings. The van der Waals surface area contributed by atoms with Gasteiger partial charge in [-0.1, -0.05) is 6.07 Å². The molecular weight excluding hydrogens is 258 g/mol. The number of hydrogen-bond donors (Lipinski definition) is 2. The lowest BCUT2D eigenvalue weighted by atomic mass is 10.0. The Balaban J connectivity index is 0.00000289. The van der Waals surface area contributed by atoms with Gasteiger partial charge in [0.2, 0.25) is 0 Å². The predicted octanol–water partition coefficient (Wildman–Crippen LogP) is 1.78. The van der Waals surface area contributed by atoms with Crippen molar-refractivity contribution in [3.05, 3.63) is 23.8 Å². The Morgan fingerprint density at radius 3 is 2.72 bits per heavy atom. The van der Waals surface area contributed by atoms with Crippen molar-refractivity contribution in [2.24, 2.45) is 5.73 Å². The van der Waals surface area contributed by atoms with E-state index in [-0.39, 0.29) is 30.5 Å². The van der Waals surface area contributed by atoms with Gasteiger partial charge in [-0.3, -0.25) is 4.79 Å². The SMILES string of the molecule is CCOC(=O)C[C@H](N)c1ccc(O)cc1OC.Cl. The number of halogens is 1. The van der Waals surface area contributed by atoms with E-state index in [0.29, 0.717) is 17.9 Å². The quantitative estimate of drug-likeness (QED) is 0.801. The molecule has 102 valence electrons. The standard InChI is InChI=1S/C12H17NO4.ClH/c1-3-17-12(15)7-10(13)9-5-4-8(14)6-11(9)16-2;/h4-6,10,14H,3,7,13H2,1-2H3;1H/t10-;/m0./s1. The first-order chi connectivity index (χ1) is 8.08. The number of methoxy groups -OCH3 is 1. The van der Waals surface area contributed by atoms with Crippen LogP contribution >= 0.6 is 12.4 Å².